The quantitative estimate of drug-likeness (QED) is 0.747. The highest BCUT2D eigenvalue weighted by molar-refractivity contribution is 5.79. The first-order chi connectivity index (χ1) is 7.13. The molecule has 0 aliphatic rings. The molecule has 1 N–H and O–H groups in total. The van der Waals surface area contributed by atoms with Crippen LogP contribution in [-0.2, 0) is 17.9 Å². The molecule has 0 radical (unpaired) electrons. The van der Waals surface area contributed by atoms with Crippen molar-refractivity contribution < 1.29 is 4.79 Å². The van der Waals surface area contributed by atoms with E-state index in [1.165, 1.54) is 0 Å². The van der Waals surface area contributed by atoms with Crippen LogP contribution in [0.25, 0.3) is 0 Å². The Morgan fingerprint density at radius 3 is 2.93 bits per heavy atom. The SMILES string of the molecule is CCNCc1cn(CC(=O)C(C)C)nn1. The minimum atomic E-state index is 0.0476. The molecule has 15 heavy (non-hydrogen) atoms. The number of nitrogens with zero attached hydrogens (tertiary/aromatic N) is 3. The number of hydrogen-bond donors (Lipinski definition) is 1. The molecule has 0 spiro atoms. The Kier molecular flexibility index (Phi) is 4.42. The zero-order valence-electron chi connectivity index (χ0n) is 9.53. The van der Waals surface area contributed by atoms with Gasteiger partial charge in [0, 0.05) is 12.5 Å². The van der Waals surface area contributed by atoms with Crippen LogP contribution >= 0.6 is 0 Å². The molecule has 1 rings (SSSR count). The molecule has 0 aliphatic carbocycles. The summed E-state index contributed by atoms with van der Waals surface area (Å²) in [6, 6.07) is 0. The van der Waals surface area contributed by atoms with E-state index in [-0.39, 0.29) is 11.7 Å². The molecule has 0 amide bonds. The maximum absolute atomic E-state index is 11.4. The topological polar surface area (TPSA) is 59.8 Å². The minimum absolute atomic E-state index is 0.0476. The minimum Gasteiger partial charge on any atom is -0.311 e. The van der Waals surface area contributed by atoms with Gasteiger partial charge in [-0.15, -0.1) is 5.10 Å². The molecule has 1 heterocycles. The summed E-state index contributed by atoms with van der Waals surface area (Å²) in [7, 11) is 0. The second-order valence-corrected chi connectivity index (χ2v) is 3.81. The maximum Gasteiger partial charge on any atom is 0.156 e. The van der Waals surface area contributed by atoms with Crippen molar-refractivity contribution in [2.24, 2.45) is 5.92 Å². The van der Waals surface area contributed by atoms with Gasteiger partial charge in [0.25, 0.3) is 0 Å². The van der Waals surface area contributed by atoms with Gasteiger partial charge in [0.05, 0.1) is 11.9 Å². The molecule has 0 saturated carbocycles. The van der Waals surface area contributed by atoms with E-state index in [0.717, 1.165) is 12.2 Å². The summed E-state index contributed by atoms with van der Waals surface area (Å²) in [5.41, 5.74) is 0.869. The van der Waals surface area contributed by atoms with E-state index in [0.29, 0.717) is 13.1 Å². The Hall–Kier alpha value is -1.23. The number of rotatable bonds is 6. The fraction of sp³-hybridized carbons (Fsp3) is 0.700. The Balaban J connectivity index is 2.49. The third-order valence-corrected chi connectivity index (χ3v) is 2.10. The number of ketones is 1. The van der Waals surface area contributed by atoms with E-state index in [9.17, 15) is 4.79 Å². The highest BCUT2D eigenvalue weighted by atomic mass is 16.1. The summed E-state index contributed by atoms with van der Waals surface area (Å²) in [5.74, 6) is 0.223. The van der Waals surface area contributed by atoms with Crippen LogP contribution in [0.2, 0.25) is 0 Å². The third-order valence-electron chi connectivity index (χ3n) is 2.10. The standard InChI is InChI=1S/C10H18N4O/c1-4-11-5-9-6-14(13-12-9)7-10(15)8(2)3/h6,8,11H,4-5,7H2,1-3H3. The van der Waals surface area contributed by atoms with Gasteiger partial charge in [-0.1, -0.05) is 26.0 Å². The predicted molar refractivity (Wildman–Crippen MR) is 57.2 cm³/mol. The van der Waals surface area contributed by atoms with Gasteiger partial charge in [-0.3, -0.25) is 4.79 Å². The van der Waals surface area contributed by atoms with Gasteiger partial charge < -0.3 is 5.32 Å². The molecule has 84 valence electrons. The molecule has 5 heteroatoms. The highest BCUT2D eigenvalue weighted by Gasteiger charge is 2.09. The van der Waals surface area contributed by atoms with Crippen LogP contribution in [0, 0.1) is 5.92 Å². The monoisotopic (exact) mass is 210 g/mol. The van der Waals surface area contributed by atoms with Crippen molar-refractivity contribution in [1.29, 1.82) is 0 Å². The van der Waals surface area contributed by atoms with E-state index in [2.05, 4.69) is 15.6 Å². The van der Waals surface area contributed by atoms with Gasteiger partial charge in [-0.2, -0.15) is 0 Å². The van der Waals surface area contributed by atoms with Crippen molar-refractivity contribution in [3.8, 4) is 0 Å². The normalized spacial score (nSPS) is 10.9. The zero-order valence-corrected chi connectivity index (χ0v) is 9.53. The van der Waals surface area contributed by atoms with Crippen molar-refractivity contribution in [3.05, 3.63) is 11.9 Å². The van der Waals surface area contributed by atoms with E-state index < -0.39 is 0 Å². The van der Waals surface area contributed by atoms with Crippen LogP contribution in [0.4, 0.5) is 0 Å². The number of carbonyl (C=O) groups is 1. The number of Topliss-reactive ketones (excluding diaryl/α,β-unsaturated/α-hetero) is 1. The zero-order chi connectivity index (χ0) is 11.3. The number of carbonyl (C=O) groups excluding carboxylic acids is 1. The number of hydrogen-bond acceptors (Lipinski definition) is 4. The first-order valence-electron chi connectivity index (χ1n) is 5.26. The molecule has 0 atom stereocenters. The average Bonchev–Trinajstić information content (AvgIpc) is 2.62. The van der Waals surface area contributed by atoms with Crippen molar-refractivity contribution in [2.45, 2.75) is 33.9 Å². The van der Waals surface area contributed by atoms with Crippen LogP contribution in [0.1, 0.15) is 26.5 Å². The number of aromatic nitrogens is 3. The van der Waals surface area contributed by atoms with Crippen LogP contribution in [0.15, 0.2) is 6.20 Å². The fourth-order valence-electron chi connectivity index (χ4n) is 1.09. The lowest BCUT2D eigenvalue weighted by molar-refractivity contribution is -0.122. The van der Waals surface area contributed by atoms with Gasteiger partial charge in [0.1, 0.15) is 6.54 Å². The third kappa shape index (κ3) is 3.79. The molecule has 0 bridgehead atoms. The Bertz CT molecular complexity index is 319. The largest absolute Gasteiger partial charge is 0.311 e. The summed E-state index contributed by atoms with van der Waals surface area (Å²) in [6.45, 7) is 7.73. The van der Waals surface area contributed by atoms with Crippen molar-refractivity contribution in [2.75, 3.05) is 6.54 Å². The van der Waals surface area contributed by atoms with E-state index >= 15 is 0 Å². The lowest BCUT2D eigenvalue weighted by Gasteiger charge is -2.02. The van der Waals surface area contributed by atoms with Crippen molar-refractivity contribution >= 4 is 5.78 Å². The van der Waals surface area contributed by atoms with Gasteiger partial charge in [-0.05, 0) is 6.54 Å². The molecule has 0 saturated heterocycles. The summed E-state index contributed by atoms with van der Waals surface area (Å²) in [6.07, 6.45) is 1.81. The summed E-state index contributed by atoms with van der Waals surface area (Å²) < 4.78 is 1.59. The van der Waals surface area contributed by atoms with Crippen LogP contribution in [-0.4, -0.2) is 27.3 Å². The van der Waals surface area contributed by atoms with Crippen molar-refractivity contribution in [1.82, 2.24) is 20.3 Å². The van der Waals surface area contributed by atoms with Crippen LogP contribution < -0.4 is 5.32 Å². The van der Waals surface area contributed by atoms with Gasteiger partial charge in [0.2, 0.25) is 0 Å². The molecular formula is C10H18N4O. The van der Waals surface area contributed by atoms with Crippen LogP contribution in [0.5, 0.6) is 0 Å². The molecule has 1 aromatic heterocycles. The lowest BCUT2D eigenvalue weighted by atomic mass is 10.1. The Morgan fingerprint density at radius 2 is 2.33 bits per heavy atom. The second-order valence-electron chi connectivity index (χ2n) is 3.81. The first-order valence-corrected chi connectivity index (χ1v) is 5.26. The molecule has 0 aromatic carbocycles. The predicted octanol–water partition coefficient (Wildman–Crippen LogP) is 0.613. The summed E-state index contributed by atoms with van der Waals surface area (Å²) >= 11 is 0. The van der Waals surface area contributed by atoms with Crippen LogP contribution in [0.3, 0.4) is 0 Å². The fourth-order valence-corrected chi connectivity index (χ4v) is 1.09. The first kappa shape index (κ1) is 11.8. The maximum atomic E-state index is 11.4. The molecule has 0 fully saturated rings. The van der Waals surface area contributed by atoms with E-state index in [1.807, 2.05) is 27.0 Å². The number of nitrogens with one attached hydrogen (secondary N) is 1. The Morgan fingerprint density at radius 1 is 1.60 bits per heavy atom. The molecular weight excluding hydrogens is 192 g/mol. The molecule has 1 aromatic rings. The van der Waals surface area contributed by atoms with Gasteiger partial charge >= 0.3 is 0 Å². The highest BCUT2D eigenvalue weighted by Crippen LogP contribution is 1.98. The lowest BCUT2D eigenvalue weighted by Crippen LogP contribution is -2.16. The van der Waals surface area contributed by atoms with E-state index in [1.54, 1.807) is 4.68 Å². The van der Waals surface area contributed by atoms with Gasteiger partial charge in [-0.25, -0.2) is 4.68 Å². The second kappa shape index (κ2) is 5.60. The van der Waals surface area contributed by atoms with Crippen molar-refractivity contribution in [3.63, 3.8) is 0 Å². The average molecular weight is 210 g/mol. The molecule has 0 aliphatic heterocycles. The summed E-state index contributed by atoms with van der Waals surface area (Å²) in [5, 5.41) is 11.0. The van der Waals surface area contributed by atoms with Gasteiger partial charge in [0.15, 0.2) is 5.78 Å². The molecule has 0 unspecified atom stereocenters. The molecule has 5 nitrogen and oxygen atoms in total. The van der Waals surface area contributed by atoms with E-state index in [4.69, 9.17) is 0 Å². The summed E-state index contributed by atoms with van der Waals surface area (Å²) in [4.78, 5) is 11.4. The Labute approximate surface area is 89.9 Å². The smallest absolute Gasteiger partial charge is 0.156 e.